The Balaban J connectivity index is 1.07. The lowest BCUT2D eigenvalue weighted by atomic mass is 10.1. The van der Waals surface area contributed by atoms with Gasteiger partial charge in [0.15, 0.2) is 6.01 Å². The minimum atomic E-state index is -4.16. The molecule has 1 aromatic carbocycles. The Bertz CT molecular complexity index is 2040. The van der Waals surface area contributed by atoms with E-state index >= 15 is 0 Å². The molecule has 2 atom stereocenters. The Labute approximate surface area is 258 Å². The highest BCUT2D eigenvalue weighted by atomic mass is 32.2. The van der Waals surface area contributed by atoms with Crippen molar-refractivity contribution in [2.75, 3.05) is 28.9 Å². The number of hydrogen-bond acceptors (Lipinski definition) is 11. The number of nitrogens with zero attached hydrogens (tertiary/aromatic N) is 6. The third kappa shape index (κ3) is 5.55. The first kappa shape index (κ1) is 29.0. The maximum absolute atomic E-state index is 13.1. The maximum Gasteiger partial charge on any atom is 0.251 e. The largest absolute Gasteiger partial charge is 0.463 e. The number of carbonyl (C=O) groups is 1. The molecule has 2 aliphatic heterocycles. The quantitative estimate of drug-likeness (QED) is 0.279. The summed E-state index contributed by atoms with van der Waals surface area (Å²) < 4.78 is 48.4. The Morgan fingerprint density at radius 3 is 2.67 bits per heavy atom. The van der Waals surface area contributed by atoms with Gasteiger partial charge in [0.25, 0.3) is 5.91 Å². The molecule has 1 saturated heterocycles. The van der Waals surface area contributed by atoms with E-state index in [0.717, 1.165) is 53.1 Å². The fourth-order valence-electron chi connectivity index (χ4n) is 5.99. The normalized spacial score (nSPS) is 18.5. The van der Waals surface area contributed by atoms with E-state index in [2.05, 4.69) is 43.9 Å². The van der Waals surface area contributed by atoms with Crippen LogP contribution < -0.4 is 15.1 Å². The minimum Gasteiger partial charge on any atom is -0.463 e. The number of pyridine rings is 2. The van der Waals surface area contributed by atoms with Gasteiger partial charge >= 0.3 is 0 Å². The van der Waals surface area contributed by atoms with Crippen LogP contribution in [0.2, 0.25) is 0 Å². The molecule has 0 spiro atoms. The lowest BCUT2D eigenvalue weighted by Crippen LogP contribution is -2.46. The van der Waals surface area contributed by atoms with Gasteiger partial charge < -0.3 is 24.3 Å². The number of fused-ring (bicyclic) bond motifs is 3. The highest BCUT2D eigenvalue weighted by Gasteiger charge is 2.31. The van der Waals surface area contributed by atoms with Crippen LogP contribution in [0.3, 0.4) is 0 Å². The van der Waals surface area contributed by atoms with Crippen molar-refractivity contribution < 1.29 is 26.8 Å². The van der Waals surface area contributed by atoms with E-state index in [1.807, 2.05) is 18.2 Å². The van der Waals surface area contributed by atoms with Crippen molar-refractivity contribution in [3.8, 4) is 0 Å². The molecule has 4 aromatic heterocycles. The summed E-state index contributed by atoms with van der Waals surface area (Å²) in [4.78, 5) is 35.7. The lowest BCUT2D eigenvalue weighted by Gasteiger charge is -2.36. The first-order chi connectivity index (χ1) is 21.7. The summed E-state index contributed by atoms with van der Waals surface area (Å²) in [6, 6.07) is 8.57. The number of alkyl halides is 1. The summed E-state index contributed by atoms with van der Waals surface area (Å²) in [5.74, 6) is 1.30. The van der Waals surface area contributed by atoms with Crippen molar-refractivity contribution in [3.63, 3.8) is 0 Å². The molecule has 1 fully saturated rings. The SMILES string of the molecule is C[C@@H]1CN(c2ncnc3c2CN(c2ccc4cnc(CNC(=O)c5ccc6occ(S(=O)(=O)CF)c6c5)cc4n2)C3)C[C@H](C)O1. The smallest absolute Gasteiger partial charge is 0.251 e. The summed E-state index contributed by atoms with van der Waals surface area (Å²) in [5, 5.41) is 3.82. The molecule has 0 radical (unpaired) electrons. The number of furan rings is 1. The summed E-state index contributed by atoms with van der Waals surface area (Å²) >= 11 is 0. The van der Waals surface area contributed by atoms with Gasteiger partial charge in [0.1, 0.15) is 34.7 Å². The van der Waals surface area contributed by atoms with Gasteiger partial charge in [-0.3, -0.25) is 9.78 Å². The molecule has 5 aromatic rings. The van der Waals surface area contributed by atoms with E-state index in [9.17, 15) is 17.6 Å². The molecule has 14 heteroatoms. The van der Waals surface area contributed by atoms with Crippen LogP contribution in [0.5, 0.6) is 0 Å². The zero-order valence-corrected chi connectivity index (χ0v) is 25.4. The monoisotopic (exact) mass is 631 g/mol. The second-order valence-corrected chi connectivity index (χ2v) is 13.3. The Morgan fingerprint density at radius 2 is 1.87 bits per heavy atom. The number of aromatic nitrogens is 4. The molecule has 45 heavy (non-hydrogen) atoms. The van der Waals surface area contributed by atoms with Crippen LogP contribution >= 0.6 is 0 Å². The zero-order chi connectivity index (χ0) is 31.3. The van der Waals surface area contributed by atoms with Crippen molar-refractivity contribution in [1.82, 2.24) is 25.3 Å². The van der Waals surface area contributed by atoms with Gasteiger partial charge in [0.2, 0.25) is 9.84 Å². The molecule has 0 unspecified atom stereocenters. The highest BCUT2D eigenvalue weighted by molar-refractivity contribution is 7.91. The number of benzene rings is 1. The third-order valence-corrected chi connectivity index (χ3v) is 9.34. The predicted octanol–water partition coefficient (Wildman–Crippen LogP) is 3.93. The van der Waals surface area contributed by atoms with Crippen molar-refractivity contribution >= 4 is 49.3 Å². The van der Waals surface area contributed by atoms with E-state index in [-0.39, 0.29) is 40.2 Å². The Morgan fingerprint density at radius 1 is 1.04 bits per heavy atom. The first-order valence-electron chi connectivity index (χ1n) is 14.5. The molecule has 0 bridgehead atoms. The number of morpholine rings is 1. The standard InChI is InChI=1S/C31H30FN7O5S/c1-18-11-39(12-19(2)44-18)30-24-13-38(14-26(24)35-17-36-30)29-6-4-21-9-33-22(8-25(21)37-29)10-34-31(40)20-3-5-27-23(7-20)28(15-43-27)45(41,42)16-32/h3-9,15,17-19H,10-14,16H2,1-2H3,(H,34,40)/t18-,19+. The van der Waals surface area contributed by atoms with Crippen molar-refractivity contribution in [3.05, 3.63) is 77.7 Å². The minimum absolute atomic E-state index is 0.115. The van der Waals surface area contributed by atoms with E-state index in [4.69, 9.17) is 14.1 Å². The fourth-order valence-corrected chi connectivity index (χ4v) is 6.80. The topological polar surface area (TPSA) is 144 Å². The van der Waals surface area contributed by atoms with Gasteiger partial charge in [-0.1, -0.05) is 0 Å². The highest BCUT2D eigenvalue weighted by Crippen LogP contribution is 2.33. The van der Waals surface area contributed by atoms with Crippen LogP contribution in [-0.4, -0.2) is 65.6 Å². The summed E-state index contributed by atoms with van der Waals surface area (Å²) in [6.45, 7) is 7.05. The number of rotatable bonds is 7. The average molecular weight is 632 g/mol. The number of nitrogens with one attached hydrogen (secondary N) is 1. The van der Waals surface area contributed by atoms with E-state index < -0.39 is 21.8 Å². The number of sulfone groups is 1. The first-order valence-corrected chi connectivity index (χ1v) is 16.2. The van der Waals surface area contributed by atoms with Crippen LogP contribution in [0, 0.1) is 0 Å². The Kier molecular flexibility index (Phi) is 7.32. The van der Waals surface area contributed by atoms with Crippen molar-refractivity contribution in [2.45, 2.75) is 50.6 Å². The van der Waals surface area contributed by atoms with Crippen LogP contribution in [-0.2, 0) is 34.2 Å². The van der Waals surface area contributed by atoms with Crippen molar-refractivity contribution in [1.29, 1.82) is 0 Å². The fraction of sp³-hybridized carbons (Fsp3) is 0.323. The summed E-state index contributed by atoms with van der Waals surface area (Å²) in [7, 11) is -4.16. The van der Waals surface area contributed by atoms with E-state index in [1.54, 1.807) is 12.5 Å². The molecular formula is C31H30FN7O5S. The van der Waals surface area contributed by atoms with Crippen LogP contribution in [0.25, 0.3) is 21.9 Å². The molecule has 6 heterocycles. The molecule has 1 N–H and O–H groups in total. The van der Waals surface area contributed by atoms with Crippen molar-refractivity contribution in [2.24, 2.45) is 0 Å². The van der Waals surface area contributed by atoms with Gasteiger partial charge in [0.05, 0.1) is 48.7 Å². The molecule has 2 aliphatic rings. The molecule has 7 rings (SSSR count). The van der Waals surface area contributed by atoms with Gasteiger partial charge in [0, 0.05) is 41.2 Å². The van der Waals surface area contributed by atoms with E-state index in [0.29, 0.717) is 18.8 Å². The second-order valence-electron chi connectivity index (χ2n) is 11.4. The molecule has 232 valence electrons. The summed E-state index contributed by atoms with van der Waals surface area (Å²) in [5.41, 5.74) is 3.85. The number of amides is 1. The number of ether oxygens (including phenoxy) is 1. The molecule has 0 aliphatic carbocycles. The van der Waals surface area contributed by atoms with Gasteiger partial charge in [-0.25, -0.2) is 27.8 Å². The number of halogens is 1. The van der Waals surface area contributed by atoms with Crippen LogP contribution in [0.15, 0.2) is 64.5 Å². The molecular weight excluding hydrogens is 601 g/mol. The average Bonchev–Trinajstić information content (AvgIpc) is 3.67. The van der Waals surface area contributed by atoms with E-state index in [1.165, 1.54) is 18.2 Å². The predicted molar refractivity (Wildman–Crippen MR) is 164 cm³/mol. The molecule has 0 saturated carbocycles. The Hall–Kier alpha value is -4.69. The van der Waals surface area contributed by atoms with Gasteiger partial charge in [-0.05, 0) is 50.2 Å². The van der Waals surface area contributed by atoms with Crippen LogP contribution in [0.1, 0.15) is 41.2 Å². The summed E-state index contributed by atoms with van der Waals surface area (Å²) in [6.07, 6.45) is 4.56. The number of hydrogen-bond donors (Lipinski definition) is 1. The third-order valence-electron chi connectivity index (χ3n) is 8.07. The number of anilines is 2. The van der Waals surface area contributed by atoms with Gasteiger partial charge in [-0.2, -0.15) is 0 Å². The maximum atomic E-state index is 13.1. The zero-order valence-electron chi connectivity index (χ0n) is 24.6. The lowest BCUT2D eigenvalue weighted by molar-refractivity contribution is -0.00551. The molecule has 1 amide bonds. The van der Waals surface area contributed by atoms with Crippen LogP contribution in [0.4, 0.5) is 16.0 Å². The second kappa shape index (κ2) is 11.3. The molecule has 12 nitrogen and oxygen atoms in total. The number of carbonyl (C=O) groups excluding carboxylic acids is 1. The van der Waals surface area contributed by atoms with Gasteiger partial charge in [-0.15, -0.1) is 0 Å².